The number of nitrogens with zero attached hydrogens (tertiary/aromatic N) is 4. The lowest BCUT2D eigenvalue weighted by Crippen LogP contribution is -1.96. The van der Waals surface area contributed by atoms with Gasteiger partial charge in [-0.2, -0.15) is 4.98 Å². The summed E-state index contributed by atoms with van der Waals surface area (Å²) < 4.78 is 5.39. The maximum atomic E-state index is 5.39. The number of thioether (sulfide) groups is 1. The van der Waals surface area contributed by atoms with E-state index in [0.29, 0.717) is 5.89 Å². The molecule has 1 aromatic carbocycles. The quantitative estimate of drug-likeness (QED) is 0.620. The van der Waals surface area contributed by atoms with Gasteiger partial charge in [-0.05, 0) is 32.4 Å². The third kappa shape index (κ3) is 3.69. The maximum absolute atomic E-state index is 5.39. The summed E-state index contributed by atoms with van der Waals surface area (Å²) in [6, 6.07) is 7.90. The van der Waals surface area contributed by atoms with Crippen LogP contribution < -0.4 is 0 Å². The topological polar surface area (TPSA) is 64.7 Å². The van der Waals surface area contributed by atoms with Crippen LogP contribution in [0.3, 0.4) is 0 Å². The molecule has 6 heteroatoms. The van der Waals surface area contributed by atoms with E-state index in [4.69, 9.17) is 9.51 Å². The molecule has 0 aliphatic heterocycles. The van der Waals surface area contributed by atoms with Gasteiger partial charge in [-0.15, -0.1) is 0 Å². The van der Waals surface area contributed by atoms with E-state index in [1.807, 2.05) is 31.2 Å². The van der Waals surface area contributed by atoms with Gasteiger partial charge >= 0.3 is 0 Å². The molecule has 0 spiro atoms. The average molecular weight is 328 g/mol. The molecule has 3 aromatic rings. The van der Waals surface area contributed by atoms with Crippen molar-refractivity contribution < 1.29 is 4.52 Å². The molecule has 120 valence electrons. The molecule has 0 radical (unpaired) electrons. The lowest BCUT2D eigenvalue weighted by molar-refractivity contribution is 0.374. The summed E-state index contributed by atoms with van der Waals surface area (Å²) in [5, 5.41) is 5.01. The summed E-state index contributed by atoms with van der Waals surface area (Å²) in [4.78, 5) is 13.8. The van der Waals surface area contributed by atoms with Crippen LogP contribution >= 0.6 is 11.8 Å². The normalized spacial score (nSPS) is 12.7. The maximum Gasteiger partial charge on any atom is 0.239 e. The predicted molar refractivity (Wildman–Crippen MR) is 91.5 cm³/mol. The van der Waals surface area contributed by atoms with Crippen molar-refractivity contribution in [3.05, 3.63) is 41.7 Å². The summed E-state index contributed by atoms with van der Waals surface area (Å²) >= 11 is 1.61. The second kappa shape index (κ2) is 7.08. The third-order valence-electron chi connectivity index (χ3n) is 3.58. The Morgan fingerprint density at radius 2 is 1.87 bits per heavy atom. The van der Waals surface area contributed by atoms with Crippen LogP contribution in [0.4, 0.5) is 0 Å². The summed E-state index contributed by atoms with van der Waals surface area (Å²) in [5.41, 5.74) is 2.75. The summed E-state index contributed by atoms with van der Waals surface area (Å²) in [6.07, 6.45) is 3.07. The highest BCUT2D eigenvalue weighted by Gasteiger charge is 2.18. The minimum Gasteiger partial charge on any atom is -0.338 e. The van der Waals surface area contributed by atoms with E-state index in [0.717, 1.165) is 46.8 Å². The van der Waals surface area contributed by atoms with E-state index < -0.39 is 0 Å². The van der Waals surface area contributed by atoms with Gasteiger partial charge in [0.25, 0.3) is 0 Å². The Balaban J connectivity index is 1.78. The Labute approximate surface area is 139 Å². The Morgan fingerprint density at radius 1 is 1.13 bits per heavy atom. The minimum absolute atomic E-state index is 0.0482. The van der Waals surface area contributed by atoms with Crippen LogP contribution in [-0.2, 0) is 6.42 Å². The molecule has 0 fully saturated rings. The molecule has 0 amide bonds. The number of para-hydroxylation sites is 2. The first-order valence-corrected chi connectivity index (χ1v) is 8.78. The van der Waals surface area contributed by atoms with Crippen molar-refractivity contribution in [2.75, 3.05) is 0 Å². The van der Waals surface area contributed by atoms with Crippen molar-refractivity contribution in [2.24, 2.45) is 0 Å². The number of aryl methyl sites for hydroxylation is 2. The second-order valence-electron chi connectivity index (χ2n) is 5.52. The lowest BCUT2D eigenvalue weighted by atomic mass is 10.2. The van der Waals surface area contributed by atoms with Gasteiger partial charge in [0, 0.05) is 6.42 Å². The largest absolute Gasteiger partial charge is 0.338 e. The van der Waals surface area contributed by atoms with Crippen LogP contribution in [0.25, 0.3) is 11.0 Å². The first kappa shape index (κ1) is 15.9. The van der Waals surface area contributed by atoms with Crippen LogP contribution in [0.2, 0.25) is 0 Å². The van der Waals surface area contributed by atoms with Gasteiger partial charge in [-0.25, -0.2) is 9.97 Å². The smallest absolute Gasteiger partial charge is 0.239 e. The monoisotopic (exact) mass is 328 g/mol. The SMILES string of the molecule is CCCCc1noc(C(C)Sc2nc3ccccc3nc2C)n1. The molecule has 3 rings (SSSR count). The van der Waals surface area contributed by atoms with Gasteiger partial charge in [-0.1, -0.05) is 42.4 Å². The number of hydrogen-bond donors (Lipinski definition) is 0. The van der Waals surface area contributed by atoms with E-state index in [1.165, 1.54) is 0 Å². The Morgan fingerprint density at radius 3 is 2.61 bits per heavy atom. The summed E-state index contributed by atoms with van der Waals surface area (Å²) in [6.45, 7) is 6.19. The summed E-state index contributed by atoms with van der Waals surface area (Å²) in [5.74, 6) is 1.44. The Kier molecular flexibility index (Phi) is 4.91. The van der Waals surface area contributed by atoms with Gasteiger partial charge in [0.05, 0.1) is 22.0 Å². The summed E-state index contributed by atoms with van der Waals surface area (Å²) in [7, 11) is 0. The van der Waals surface area contributed by atoms with Crippen molar-refractivity contribution in [3.8, 4) is 0 Å². The number of aromatic nitrogens is 4. The van der Waals surface area contributed by atoms with E-state index in [-0.39, 0.29) is 5.25 Å². The molecule has 0 bridgehead atoms. The first-order chi connectivity index (χ1) is 11.2. The fourth-order valence-corrected chi connectivity index (χ4v) is 3.17. The fourth-order valence-electron chi connectivity index (χ4n) is 2.27. The molecule has 1 atom stereocenters. The van der Waals surface area contributed by atoms with Gasteiger partial charge < -0.3 is 4.52 Å². The van der Waals surface area contributed by atoms with Crippen molar-refractivity contribution in [1.29, 1.82) is 0 Å². The van der Waals surface area contributed by atoms with Crippen molar-refractivity contribution in [1.82, 2.24) is 20.1 Å². The molecule has 0 saturated heterocycles. The molecule has 0 N–H and O–H groups in total. The molecular weight excluding hydrogens is 308 g/mol. The molecule has 2 aromatic heterocycles. The molecule has 0 aliphatic rings. The lowest BCUT2D eigenvalue weighted by Gasteiger charge is -2.09. The van der Waals surface area contributed by atoms with Gasteiger partial charge in [0.2, 0.25) is 5.89 Å². The standard InChI is InChI=1S/C17H20N4OS/c1-4-5-10-15-20-16(22-21-15)12(3)23-17-11(2)18-13-8-6-7-9-14(13)19-17/h6-9,12H,4-5,10H2,1-3H3. The van der Waals surface area contributed by atoms with Gasteiger partial charge in [-0.3, -0.25) is 0 Å². The molecule has 23 heavy (non-hydrogen) atoms. The zero-order valence-electron chi connectivity index (χ0n) is 13.6. The molecular formula is C17H20N4OS. The number of rotatable bonds is 6. The highest BCUT2D eigenvalue weighted by molar-refractivity contribution is 7.99. The van der Waals surface area contributed by atoms with Gasteiger partial charge in [0.15, 0.2) is 5.82 Å². The first-order valence-electron chi connectivity index (χ1n) is 7.90. The van der Waals surface area contributed by atoms with Crippen LogP contribution in [0, 0.1) is 6.92 Å². The zero-order chi connectivity index (χ0) is 16.2. The van der Waals surface area contributed by atoms with Crippen LogP contribution in [0.15, 0.2) is 33.8 Å². The second-order valence-corrected chi connectivity index (χ2v) is 6.84. The Bertz CT molecular complexity index is 802. The third-order valence-corrected chi connectivity index (χ3v) is 4.74. The van der Waals surface area contributed by atoms with E-state index >= 15 is 0 Å². The Hall–Kier alpha value is -1.95. The fraction of sp³-hybridized carbons (Fsp3) is 0.412. The number of hydrogen-bond acceptors (Lipinski definition) is 6. The zero-order valence-corrected chi connectivity index (χ0v) is 14.4. The average Bonchev–Trinajstić information content (AvgIpc) is 3.02. The number of unbranched alkanes of at least 4 members (excludes halogenated alkanes) is 1. The van der Waals surface area contributed by atoms with E-state index in [1.54, 1.807) is 11.8 Å². The van der Waals surface area contributed by atoms with E-state index in [2.05, 4.69) is 29.0 Å². The number of fused-ring (bicyclic) bond motifs is 1. The molecule has 2 heterocycles. The molecule has 1 unspecified atom stereocenters. The van der Waals surface area contributed by atoms with Gasteiger partial charge in [0.1, 0.15) is 5.03 Å². The molecule has 5 nitrogen and oxygen atoms in total. The number of benzene rings is 1. The van der Waals surface area contributed by atoms with Crippen molar-refractivity contribution in [3.63, 3.8) is 0 Å². The highest BCUT2D eigenvalue weighted by atomic mass is 32.2. The predicted octanol–water partition coefficient (Wildman–Crippen LogP) is 4.52. The van der Waals surface area contributed by atoms with Crippen molar-refractivity contribution in [2.45, 2.75) is 50.3 Å². The van der Waals surface area contributed by atoms with Crippen LogP contribution in [0.1, 0.15) is 49.3 Å². The van der Waals surface area contributed by atoms with Crippen LogP contribution in [0.5, 0.6) is 0 Å². The van der Waals surface area contributed by atoms with E-state index in [9.17, 15) is 0 Å². The molecule has 0 aliphatic carbocycles. The minimum atomic E-state index is 0.0482. The van der Waals surface area contributed by atoms with Crippen molar-refractivity contribution >= 4 is 22.8 Å². The van der Waals surface area contributed by atoms with Crippen LogP contribution in [-0.4, -0.2) is 20.1 Å². The highest BCUT2D eigenvalue weighted by Crippen LogP contribution is 2.34. The molecule has 0 saturated carbocycles.